The molecule has 0 heterocycles. The van der Waals surface area contributed by atoms with Gasteiger partial charge in [0.15, 0.2) is 0 Å². The first-order valence-electron chi connectivity index (χ1n) is 7.44. The van der Waals surface area contributed by atoms with Gasteiger partial charge in [-0.1, -0.05) is 26.8 Å². The second-order valence-electron chi connectivity index (χ2n) is 6.84. The van der Waals surface area contributed by atoms with Crippen molar-refractivity contribution in [1.82, 2.24) is 5.32 Å². The summed E-state index contributed by atoms with van der Waals surface area (Å²) in [6.07, 6.45) is 2.50. The maximum absolute atomic E-state index is 12.0. The first-order valence-corrected chi connectivity index (χ1v) is 7.44. The van der Waals surface area contributed by atoms with Crippen molar-refractivity contribution < 1.29 is 14.6 Å². The number of carbonyl (C=O) groups excluding carboxylic acids is 1. The third-order valence-corrected chi connectivity index (χ3v) is 4.07. The van der Waals surface area contributed by atoms with Gasteiger partial charge in [-0.05, 0) is 42.5 Å². The molecule has 1 aromatic rings. The lowest BCUT2D eigenvalue weighted by Crippen LogP contribution is -2.46. The number of fused-ring (bicyclic) bond motifs is 1. The Labute approximate surface area is 126 Å². The average molecular weight is 291 g/mol. The second-order valence-corrected chi connectivity index (χ2v) is 6.84. The third kappa shape index (κ3) is 3.38. The van der Waals surface area contributed by atoms with Crippen LogP contribution in [0.5, 0.6) is 5.75 Å². The summed E-state index contributed by atoms with van der Waals surface area (Å²) in [5, 5.41) is 13.8. The van der Waals surface area contributed by atoms with Gasteiger partial charge in [-0.25, -0.2) is 0 Å². The van der Waals surface area contributed by atoms with Crippen LogP contribution in [0.2, 0.25) is 0 Å². The number of rotatable bonds is 3. The molecule has 0 bridgehead atoms. The maximum atomic E-state index is 12.0. The van der Waals surface area contributed by atoms with Gasteiger partial charge in [-0.15, -0.1) is 0 Å². The Bertz CT molecular complexity index is 533. The van der Waals surface area contributed by atoms with Gasteiger partial charge in [0.1, 0.15) is 11.4 Å². The summed E-state index contributed by atoms with van der Waals surface area (Å²) in [5.74, 6) is 0.758. The molecule has 0 radical (unpaired) electrons. The van der Waals surface area contributed by atoms with Crippen LogP contribution >= 0.6 is 0 Å². The van der Waals surface area contributed by atoms with Crippen LogP contribution in [0.3, 0.4) is 0 Å². The number of carbonyl (C=O) groups is 1. The maximum Gasteiger partial charge on any atom is 0.225 e. The summed E-state index contributed by atoms with van der Waals surface area (Å²) in [5.41, 5.74) is 0.575. The van der Waals surface area contributed by atoms with Crippen molar-refractivity contribution in [2.75, 3.05) is 13.7 Å². The molecule has 0 aliphatic heterocycles. The zero-order valence-corrected chi connectivity index (χ0v) is 13.3. The van der Waals surface area contributed by atoms with Gasteiger partial charge in [0.25, 0.3) is 0 Å². The Morgan fingerprint density at radius 1 is 1.43 bits per heavy atom. The molecule has 2 rings (SSSR count). The first-order chi connectivity index (χ1) is 9.76. The average Bonchev–Trinajstić information content (AvgIpc) is 2.43. The highest BCUT2D eigenvalue weighted by Gasteiger charge is 2.35. The summed E-state index contributed by atoms with van der Waals surface area (Å²) in [4.78, 5) is 12.0. The normalized spacial score (nSPS) is 21.6. The lowest BCUT2D eigenvalue weighted by atomic mass is 9.78. The van der Waals surface area contributed by atoms with Crippen molar-refractivity contribution >= 4 is 5.91 Å². The molecule has 116 valence electrons. The quantitative estimate of drug-likeness (QED) is 0.899. The van der Waals surface area contributed by atoms with E-state index in [4.69, 9.17) is 4.74 Å². The lowest BCUT2D eigenvalue weighted by Gasteiger charge is -2.35. The van der Waals surface area contributed by atoms with E-state index in [0.717, 1.165) is 29.7 Å². The standard InChI is InChI=1S/C17H25NO3/c1-16(2,3)15(19)18-11-17(20)9-5-6-12-10-13(21-4)7-8-14(12)17/h7-8,10,20H,5-6,9,11H2,1-4H3,(H,18,19)/t17-/m1/s1. The number of amides is 1. The molecule has 0 fully saturated rings. The molecule has 0 saturated heterocycles. The number of aryl methyl sites for hydroxylation is 1. The van der Waals surface area contributed by atoms with Gasteiger partial charge in [-0.2, -0.15) is 0 Å². The molecule has 0 aromatic heterocycles. The van der Waals surface area contributed by atoms with E-state index in [-0.39, 0.29) is 12.5 Å². The Morgan fingerprint density at radius 2 is 2.14 bits per heavy atom. The van der Waals surface area contributed by atoms with Crippen molar-refractivity contribution in [3.8, 4) is 5.75 Å². The summed E-state index contributed by atoms with van der Waals surface area (Å²) in [7, 11) is 1.64. The minimum atomic E-state index is -0.985. The fraction of sp³-hybridized carbons (Fsp3) is 0.588. The van der Waals surface area contributed by atoms with E-state index in [1.165, 1.54) is 0 Å². The number of hydrogen-bond donors (Lipinski definition) is 2. The van der Waals surface area contributed by atoms with Gasteiger partial charge in [0, 0.05) is 5.41 Å². The highest BCUT2D eigenvalue weighted by atomic mass is 16.5. The van der Waals surface area contributed by atoms with E-state index < -0.39 is 11.0 Å². The van der Waals surface area contributed by atoms with Crippen molar-refractivity contribution in [3.63, 3.8) is 0 Å². The van der Waals surface area contributed by atoms with Crippen LogP contribution in [-0.4, -0.2) is 24.7 Å². The monoisotopic (exact) mass is 291 g/mol. The number of benzene rings is 1. The number of hydrogen-bond acceptors (Lipinski definition) is 3. The van der Waals surface area contributed by atoms with Crippen LogP contribution in [0, 0.1) is 5.41 Å². The van der Waals surface area contributed by atoms with E-state index in [1.54, 1.807) is 7.11 Å². The summed E-state index contributed by atoms with van der Waals surface area (Å²) in [6.45, 7) is 5.85. The molecule has 1 atom stereocenters. The fourth-order valence-corrected chi connectivity index (χ4v) is 2.74. The fourth-order valence-electron chi connectivity index (χ4n) is 2.74. The van der Waals surface area contributed by atoms with E-state index in [9.17, 15) is 9.90 Å². The van der Waals surface area contributed by atoms with Gasteiger partial charge >= 0.3 is 0 Å². The highest BCUT2D eigenvalue weighted by molar-refractivity contribution is 5.81. The minimum Gasteiger partial charge on any atom is -0.497 e. The van der Waals surface area contributed by atoms with E-state index in [2.05, 4.69) is 5.32 Å². The third-order valence-electron chi connectivity index (χ3n) is 4.07. The SMILES string of the molecule is COc1ccc2c(c1)CCC[C@@]2(O)CNC(=O)C(C)(C)C. The zero-order chi connectivity index (χ0) is 15.7. The second kappa shape index (κ2) is 5.68. The molecule has 1 aromatic carbocycles. The van der Waals surface area contributed by atoms with Crippen molar-refractivity contribution in [2.45, 2.75) is 45.6 Å². The van der Waals surface area contributed by atoms with Crippen molar-refractivity contribution in [2.24, 2.45) is 5.41 Å². The van der Waals surface area contributed by atoms with Crippen LogP contribution < -0.4 is 10.1 Å². The number of methoxy groups -OCH3 is 1. The van der Waals surface area contributed by atoms with E-state index in [0.29, 0.717) is 6.42 Å². The Kier molecular flexibility index (Phi) is 4.28. The molecule has 21 heavy (non-hydrogen) atoms. The Balaban J connectivity index is 2.19. The minimum absolute atomic E-state index is 0.0449. The smallest absolute Gasteiger partial charge is 0.225 e. The summed E-state index contributed by atoms with van der Waals surface area (Å²) in [6, 6.07) is 5.75. The van der Waals surface area contributed by atoms with Crippen LogP contribution in [-0.2, 0) is 16.8 Å². The van der Waals surface area contributed by atoms with Gasteiger partial charge in [-0.3, -0.25) is 4.79 Å². The molecular weight excluding hydrogens is 266 g/mol. The van der Waals surface area contributed by atoms with Crippen molar-refractivity contribution in [1.29, 1.82) is 0 Å². The predicted octanol–water partition coefficient (Wildman–Crippen LogP) is 2.38. The molecule has 0 spiro atoms. The van der Waals surface area contributed by atoms with E-state index in [1.807, 2.05) is 39.0 Å². The molecule has 1 aliphatic rings. The topological polar surface area (TPSA) is 58.6 Å². The molecule has 1 aliphatic carbocycles. The summed E-state index contributed by atoms with van der Waals surface area (Å²) >= 11 is 0. The number of aliphatic hydroxyl groups is 1. The molecular formula is C17H25NO3. The first kappa shape index (κ1) is 15.8. The van der Waals surface area contributed by atoms with Crippen LogP contribution in [0.25, 0.3) is 0 Å². The molecule has 0 saturated carbocycles. The van der Waals surface area contributed by atoms with Gasteiger partial charge in [0.05, 0.1) is 13.7 Å². The molecule has 1 amide bonds. The number of nitrogens with one attached hydrogen (secondary N) is 1. The Hall–Kier alpha value is -1.55. The molecule has 0 unspecified atom stereocenters. The number of ether oxygens (including phenoxy) is 1. The zero-order valence-electron chi connectivity index (χ0n) is 13.3. The van der Waals surface area contributed by atoms with E-state index >= 15 is 0 Å². The van der Waals surface area contributed by atoms with Gasteiger partial charge in [0.2, 0.25) is 5.91 Å². The summed E-state index contributed by atoms with van der Waals surface area (Å²) < 4.78 is 5.24. The van der Waals surface area contributed by atoms with Gasteiger partial charge < -0.3 is 15.2 Å². The van der Waals surface area contributed by atoms with Crippen LogP contribution in [0.15, 0.2) is 18.2 Å². The highest BCUT2D eigenvalue weighted by Crippen LogP contribution is 2.36. The molecule has 4 heteroatoms. The predicted molar refractivity (Wildman–Crippen MR) is 82.3 cm³/mol. The molecule has 4 nitrogen and oxygen atoms in total. The van der Waals surface area contributed by atoms with Crippen LogP contribution in [0.4, 0.5) is 0 Å². The van der Waals surface area contributed by atoms with Crippen molar-refractivity contribution in [3.05, 3.63) is 29.3 Å². The Morgan fingerprint density at radius 3 is 2.76 bits per heavy atom. The van der Waals surface area contributed by atoms with Crippen LogP contribution in [0.1, 0.15) is 44.7 Å². The lowest BCUT2D eigenvalue weighted by molar-refractivity contribution is -0.130. The largest absolute Gasteiger partial charge is 0.497 e. The molecule has 2 N–H and O–H groups in total.